The molecular formula is C7H8F2N2O2. The van der Waals surface area contributed by atoms with Crippen molar-refractivity contribution in [1.29, 1.82) is 0 Å². The Morgan fingerprint density at radius 3 is 2.69 bits per heavy atom. The van der Waals surface area contributed by atoms with Crippen LogP contribution in [0.1, 0.15) is 17.6 Å². The molecule has 6 heteroatoms. The third kappa shape index (κ3) is 1.83. The molecule has 0 radical (unpaired) electrons. The van der Waals surface area contributed by atoms with Crippen LogP contribution in [0.15, 0.2) is 10.9 Å². The molecule has 1 aromatic rings. The van der Waals surface area contributed by atoms with Crippen molar-refractivity contribution in [1.82, 2.24) is 4.98 Å². The minimum Gasteiger partial charge on any atom is -0.494 e. The molecule has 1 rings (SSSR count). The molecule has 0 saturated carbocycles. The second kappa shape index (κ2) is 3.53. The Hall–Kier alpha value is -1.43. The van der Waals surface area contributed by atoms with Crippen molar-refractivity contribution in [3.05, 3.63) is 27.5 Å². The van der Waals surface area contributed by atoms with Crippen molar-refractivity contribution < 1.29 is 13.9 Å². The highest BCUT2D eigenvalue weighted by atomic mass is 19.3. The number of halogens is 2. The molecule has 72 valence electrons. The van der Waals surface area contributed by atoms with Crippen LogP contribution in [0.2, 0.25) is 0 Å². The zero-order valence-electron chi connectivity index (χ0n) is 6.55. The van der Waals surface area contributed by atoms with Gasteiger partial charge in [-0.1, -0.05) is 0 Å². The number of nitrogens with two attached hydrogens (primary N) is 1. The minimum atomic E-state index is -2.87. The molecule has 0 aliphatic heterocycles. The number of aromatic nitrogens is 1. The largest absolute Gasteiger partial charge is 0.494 e. The summed E-state index contributed by atoms with van der Waals surface area (Å²) in [5, 5.41) is 9.02. The first kappa shape index (κ1) is 9.66. The fourth-order valence-electron chi connectivity index (χ4n) is 0.899. The Labute approximate surface area is 72.0 Å². The van der Waals surface area contributed by atoms with E-state index in [2.05, 4.69) is 0 Å². The smallest absolute Gasteiger partial charge is 0.269 e. The van der Waals surface area contributed by atoms with E-state index in [0.717, 1.165) is 6.07 Å². The van der Waals surface area contributed by atoms with Gasteiger partial charge in [0.15, 0.2) is 5.88 Å². The van der Waals surface area contributed by atoms with Gasteiger partial charge < -0.3 is 10.8 Å². The first-order chi connectivity index (χ1) is 6.06. The predicted molar refractivity (Wildman–Crippen MR) is 41.6 cm³/mol. The van der Waals surface area contributed by atoms with Crippen molar-refractivity contribution >= 4 is 0 Å². The van der Waals surface area contributed by atoms with Crippen LogP contribution in [0.25, 0.3) is 0 Å². The maximum atomic E-state index is 12.1. The fraction of sp³-hybridized carbons (Fsp3) is 0.286. The van der Waals surface area contributed by atoms with Gasteiger partial charge in [-0.25, -0.2) is 8.78 Å². The first-order valence-electron chi connectivity index (χ1n) is 3.49. The van der Waals surface area contributed by atoms with Crippen LogP contribution in [0, 0.1) is 0 Å². The van der Waals surface area contributed by atoms with Crippen molar-refractivity contribution in [2.24, 2.45) is 5.73 Å². The number of aromatic hydroxyl groups is 1. The van der Waals surface area contributed by atoms with Crippen LogP contribution in [0.5, 0.6) is 5.88 Å². The SMILES string of the molecule is NCc1cc(C(F)F)c(=O)[nH]c1O. The lowest BCUT2D eigenvalue weighted by molar-refractivity contribution is 0.149. The lowest BCUT2D eigenvalue weighted by Crippen LogP contribution is -2.14. The summed E-state index contributed by atoms with van der Waals surface area (Å²) >= 11 is 0. The Balaban J connectivity index is 3.31. The van der Waals surface area contributed by atoms with Crippen molar-refractivity contribution in [3.8, 4) is 5.88 Å². The molecular weight excluding hydrogens is 182 g/mol. The van der Waals surface area contributed by atoms with Gasteiger partial charge in [-0.2, -0.15) is 0 Å². The average molecular weight is 190 g/mol. The highest BCUT2D eigenvalue weighted by molar-refractivity contribution is 5.29. The van der Waals surface area contributed by atoms with Gasteiger partial charge in [0, 0.05) is 12.1 Å². The Morgan fingerprint density at radius 1 is 1.62 bits per heavy atom. The average Bonchev–Trinajstić information content (AvgIpc) is 2.03. The number of pyridine rings is 1. The minimum absolute atomic E-state index is 0.0925. The number of aromatic amines is 1. The van der Waals surface area contributed by atoms with Gasteiger partial charge in [0.2, 0.25) is 0 Å². The van der Waals surface area contributed by atoms with Crippen molar-refractivity contribution in [2.45, 2.75) is 13.0 Å². The second-order valence-electron chi connectivity index (χ2n) is 2.43. The van der Waals surface area contributed by atoms with Crippen LogP contribution in [-0.2, 0) is 6.54 Å². The first-order valence-corrected chi connectivity index (χ1v) is 3.49. The lowest BCUT2D eigenvalue weighted by atomic mass is 10.2. The summed E-state index contributed by atoms with van der Waals surface area (Å²) in [5.74, 6) is -0.461. The van der Waals surface area contributed by atoms with Gasteiger partial charge in [0.05, 0.1) is 5.56 Å². The van der Waals surface area contributed by atoms with E-state index in [1.807, 2.05) is 4.98 Å². The summed E-state index contributed by atoms with van der Waals surface area (Å²) in [7, 11) is 0. The molecule has 0 aliphatic rings. The van der Waals surface area contributed by atoms with E-state index in [0.29, 0.717) is 0 Å². The number of hydrogen-bond acceptors (Lipinski definition) is 3. The van der Waals surface area contributed by atoms with E-state index in [-0.39, 0.29) is 12.1 Å². The predicted octanol–water partition coefficient (Wildman–Crippen LogP) is 0.477. The molecule has 4 nitrogen and oxygen atoms in total. The number of H-pyrrole nitrogens is 1. The van der Waals surface area contributed by atoms with Crippen LogP contribution in [0.3, 0.4) is 0 Å². The number of rotatable bonds is 2. The normalized spacial score (nSPS) is 10.8. The molecule has 0 aromatic carbocycles. The van der Waals surface area contributed by atoms with Crippen LogP contribution in [0.4, 0.5) is 8.78 Å². The molecule has 0 bridgehead atoms. The van der Waals surface area contributed by atoms with Gasteiger partial charge in [0.25, 0.3) is 12.0 Å². The molecule has 1 heterocycles. The highest BCUT2D eigenvalue weighted by Crippen LogP contribution is 2.18. The quantitative estimate of drug-likeness (QED) is 0.634. The molecule has 0 atom stereocenters. The van der Waals surface area contributed by atoms with E-state index >= 15 is 0 Å². The van der Waals surface area contributed by atoms with Gasteiger partial charge in [-0.15, -0.1) is 0 Å². The van der Waals surface area contributed by atoms with E-state index in [9.17, 15) is 13.6 Å². The Kier molecular flexibility index (Phi) is 2.62. The number of alkyl halides is 2. The van der Waals surface area contributed by atoms with Gasteiger partial charge in [-0.3, -0.25) is 9.78 Å². The van der Waals surface area contributed by atoms with E-state index < -0.39 is 23.4 Å². The fourth-order valence-corrected chi connectivity index (χ4v) is 0.899. The van der Waals surface area contributed by atoms with Gasteiger partial charge in [-0.05, 0) is 6.07 Å². The molecule has 13 heavy (non-hydrogen) atoms. The molecule has 0 spiro atoms. The molecule has 0 saturated heterocycles. The lowest BCUT2D eigenvalue weighted by Gasteiger charge is -2.03. The van der Waals surface area contributed by atoms with Gasteiger partial charge in [0.1, 0.15) is 0 Å². The molecule has 0 aliphatic carbocycles. The molecule has 4 N–H and O–H groups in total. The standard InChI is InChI=1S/C7H8F2N2O2/c8-5(9)4-1-3(2-10)6(12)11-7(4)13/h1,5H,2,10H2,(H2,11,12,13). The Bertz CT molecular complexity index is 362. The second-order valence-corrected chi connectivity index (χ2v) is 2.43. The zero-order valence-corrected chi connectivity index (χ0v) is 6.55. The number of nitrogens with one attached hydrogen (secondary N) is 1. The summed E-state index contributed by atoms with van der Waals surface area (Å²) in [5.41, 5.74) is 3.56. The molecule has 0 unspecified atom stereocenters. The summed E-state index contributed by atoms with van der Waals surface area (Å²) < 4.78 is 24.3. The third-order valence-electron chi connectivity index (χ3n) is 1.58. The third-order valence-corrected chi connectivity index (χ3v) is 1.58. The molecule has 0 amide bonds. The molecule has 1 aromatic heterocycles. The maximum absolute atomic E-state index is 12.1. The number of hydrogen-bond donors (Lipinski definition) is 3. The van der Waals surface area contributed by atoms with Crippen molar-refractivity contribution in [2.75, 3.05) is 0 Å². The van der Waals surface area contributed by atoms with E-state index in [4.69, 9.17) is 10.8 Å². The Morgan fingerprint density at radius 2 is 2.23 bits per heavy atom. The van der Waals surface area contributed by atoms with Crippen LogP contribution in [-0.4, -0.2) is 10.1 Å². The van der Waals surface area contributed by atoms with Gasteiger partial charge >= 0.3 is 0 Å². The summed E-state index contributed by atoms with van der Waals surface area (Å²) in [6.45, 7) is -0.109. The van der Waals surface area contributed by atoms with Crippen molar-refractivity contribution in [3.63, 3.8) is 0 Å². The van der Waals surface area contributed by atoms with E-state index in [1.165, 1.54) is 0 Å². The summed E-state index contributed by atoms with van der Waals surface area (Å²) in [6, 6.07) is 0.902. The topological polar surface area (TPSA) is 79.1 Å². The van der Waals surface area contributed by atoms with E-state index in [1.54, 1.807) is 0 Å². The van der Waals surface area contributed by atoms with Crippen LogP contribution < -0.4 is 11.3 Å². The monoisotopic (exact) mass is 190 g/mol. The summed E-state index contributed by atoms with van der Waals surface area (Å²) in [6.07, 6.45) is -2.87. The maximum Gasteiger partial charge on any atom is 0.269 e. The van der Waals surface area contributed by atoms with Crippen LogP contribution >= 0.6 is 0 Å². The summed E-state index contributed by atoms with van der Waals surface area (Å²) in [4.78, 5) is 12.7. The highest BCUT2D eigenvalue weighted by Gasteiger charge is 2.14. The molecule has 0 fully saturated rings. The zero-order chi connectivity index (χ0) is 10.0.